The first-order valence-electron chi connectivity index (χ1n) is 7.59. The lowest BCUT2D eigenvalue weighted by molar-refractivity contribution is 0.0689. The smallest absolute Gasteiger partial charge is 0.270 e. The molecule has 6 heteroatoms. The Morgan fingerprint density at radius 2 is 2.36 bits per heavy atom. The lowest BCUT2D eigenvalue weighted by Crippen LogP contribution is -2.34. The maximum atomic E-state index is 12.5. The first-order chi connectivity index (χ1) is 10.5. The number of aryl methyl sites for hydroxylation is 1. The van der Waals surface area contributed by atoms with Crippen molar-refractivity contribution >= 4 is 17.2 Å². The number of aliphatic hydroxyl groups is 1. The number of carbonyl (C=O) groups is 1. The zero-order valence-corrected chi connectivity index (χ0v) is 13.7. The van der Waals surface area contributed by atoms with Crippen LogP contribution in [0.15, 0.2) is 17.6 Å². The molecule has 0 saturated heterocycles. The summed E-state index contributed by atoms with van der Waals surface area (Å²) in [6.45, 7) is 2.57. The molecule has 0 spiro atoms. The fourth-order valence-corrected chi connectivity index (χ4v) is 3.65. The topological polar surface area (TPSA) is 69.2 Å². The summed E-state index contributed by atoms with van der Waals surface area (Å²) in [5, 5.41) is 12.9. The van der Waals surface area contributed by atoms with E-state index >= 15 is 0 Å². The van der Waals surface area contributed by atoms with E-state index in [0.717, 1.165) is 35.5 Å². The minimum absolute atomic E-state index is 0.0442. The number of amides is 1. The Bertz CT molecular complexity index is 664. The number of nitrogens with zero attached hydrogens (tertiary/aromatic N) is 2. The Morgan fingerprint density at radius 1 is 1.55 bits per heavy atom. The molecule has 118 valence electrons. The van der Waals surface area contributed by atoms with E-state index in [9.17, 15) is 9.90 Å². The van der Waals surface area contributed by atoms with E-state index in [1.165, 1.54) is 0 Å². The van der Waals surface area contributed by atoms with Gasteiger partial charge in [-0.3, -0.25) is 4.79 Å². The van der Waals surface area contributed by atoms with Gasteiger partial charge in [0, 0.05) is 36.7 Å². The van der Waals surface area contributed by atoms with Crippen LogP contribution < -0.4 is 0 Å². The number of aromatic nitrogens is 2. The van der Waals surface area contributed by atoms with Gasteiger partial charge in [0.1, 0.15) is 5.69 Å². The van der Waals surface area contributed by atoms with Crippen molar-refractivity contribution in [1.29, 1.82) is 0 Å². The highest BCUT2D eigenvalue weighted by molar-refractivity contribution is 7.09. The second kappa shape index (κ2) is 6.22. The summed E-state index contributed by atoms with van der Waals surface area (Å²) < 4.78 is 0. The molecule has 0 aliphatic heterocycles. The Morgan fingerprint density at radius 3 is 3.00 bits per heavy atom. The monoisotopic (exact) mass is 319 g/mol. The van der Waals surface area contributed by atoms with Gasteiger partial charge >= 0.3 is 0 Å². The number of rotatable bonds is 4. The summed E-state index contributed by atoms with van der Waals surface area (Å²) in [6, 6.07) is 1.85. The third kappa shape index (κ3) is 3.08. The van der Waals surface area contributed by atoms with E-state index in [1.807, 2.05) is 24.6 Å². The zero-order valence-electron chi connectivity index (χ0n) is 12.9. The largest absolute Gasteiger partial charge is 0.393 e. The molecule has 3 rings (SSSR count). The van der Waals surface area contributed by atoms with Crippen LogP contribution in [0.1, 0.15) is 34.8 Å². The molecule has 0 bridgehead atoms. The van der Waals surface area contributed by atoms with Crippen LogP contribution in [0.3, 0.4) is 0 Å². The minimum Gasteiger partial charge on any atom is -0.393 e. The molecule has 1 fully saturated rings. The molecule has 22 heavy (non-hydrogen) atoms. The molecule has 0 radical (unpaired) electrons. The standard InChI is InChI=1S/C16H21N3O2S/c1-10-18-14(9-22-10)12-6-13(17-7-12)16(21)19(2)8-11-4-3-5-15(11)20/h6-7,9,11,15,17,20H,3-5,8H2,1-2H3. The lowest BCUT2D eigenvalue weighted by atomic mass is 10.1. The van der Waals surface area contributed by atoms with Gasteiger partial charge in [0.05, 0.1) is 16.8 Å². The summed E-state index contributed by atoms with van der Waals surface area (Å²) in [4.78, 5) is 21.7. The minimum atomic E-state index is -0.271. The highest BCUT2D eigenvalue weighted by Gasteiger charge is 2.28. The summed E-state index contributed by atoms with van der Waals surface area (Å²) in [5.41, 5.74) is 2.39. The van der Waals surface area contributed by atoms with Gasteiger partial charge in [-0.05, 0) is 25.8 Å². The van der Waals surface area contributed by atoms with Crippen LogP contribution in [0.2, 0.25) is 0 Å². The number of nitrogens with one attached hydrogen (secondary N) is 1. The molecule has 2 aromatic heterocycles. The average molecular weight is 319 g/mol. The molecule has 1 aliphatic rings. The van der Waals surface area contributed by atoms with Crippen molar-refractivity contribution in [1.82, 2.24) is 14.9 Å². The summed E-state index contributed by atoms with van der Waals surface area (Å²) in [6.07, 6.45) is 4.44. The summed E-state index contributed by atoms with van der Waals surface area (Å²) in [5.74, 6) is 0.155. The van der Waals surface area contributed by atoms with Crippen LogP contribution in [0.5, 0.6) is 0 Å². The van der Waals surface area contributed by atoms with E-state index in [0.29, 0.717) is 12.2 Å². The van der Waals surface area contributed by atoms with E-state index < -0.39 is 0 Å². The van der Waals surface area contributed by atoms with E-state index in [4.69, 9.17) is 0 Å². The molecule has 2 unspecified atom stereocenters. The average Bonchev–Trinajstić information content (AvgIpc) is 3.20. The number of carbonyl (C=O) groups excluding carboxylic acids is 1. The van der Waals surface area contributed by atoms with Crippen LogP contribution in [0.25, 0.3) is 11.3 Å². The van der Waals surface area contributed by atoms with Gasteiger partial charge < -0.3 is 15.0 Å². The van der Waals surface area contributed by atoms with Crippen molar-refractivity contribution in [2.75, 3.05) is 13.6 Å². The van der Waals surface area contributed by atoms with E-state index in [1.54, 1.807) is 23.3 Å². The lowest BCUT2D eigenvalue weighted by Gasteiger charge is -2.22. The van der Waals surface area contributed by atoms with Crippen molar-refractivity contribution in [3.63, 3.8) is 0 Å². The summed E-state index contributed by atoms with van der Waals surface area (Å²) in [7, 11) is 1.79. The van der Waals surface area contributed by atoms with E-state index in [2.05, 4.69) is 9.97 Å². The molecule has 2 atom stereocenters. The second-order valence-corrected chi connectivity index (χ2v) is 7.06. The molecule has 1 aliphatic carbocycles. The van der Waals surface area contributed by atoms with Gasteiger partial charge in [0.15, 0.2) is 0 Å². The normalized spacial score (nSPS) is 21.2. The fourth-order valence-electron chi connectivity index (χ4n) is 3.03. The van der Waals surface area contributed by atoms with Crippen molar-refractivity contribution in [2.24, 2.45) is 5.92 Å². The van der Waals surface area contributed by atoms with Crippen LogP contribution in [-0.2, 0) is 0 Å². The quantitative estimate of drug-likeness (QED) is 0.910. The number of hydrogen-bond acceptors (Lipinski definition) is 4. The molecule has 1 amide bonds. The molecule has 1 saturated carbocycles. The number of aliphatic hydroxyl groups excluding tert-OH is 1. The van der Waals surface area contributed by atoms with Crippen molar-refractivity contribution < 1.29 is 9.90 Å². The highest BCUT2D eigenvalue weighted by atomic mass is 32.1. The number of thiazole rings is 1. The van der Waals surface area contributed by atoms with Gasteiger partial charge in [-0.15, -0.1) is 11.3 Å². The molecular weight excluding hydrogens is 298 g/mol. The van der Waals surface area contributed by atoms with Crippen molar-refractivity contribution in [3.05, 3.63) is 28.3 Å². The predicted molar refractivity (Wildman–Crippen MR) is 86.9 cm³/mol. The highest BCUT2D eigenvalue weighted by Crippen LogP contribution is 2.27. The Balaban J connectivity index is 1.68. The number of hydrogen-bond donors (Lipinski definition) is 2. The van der Waals surface area contributed by atoms with Gasteiger partial charge in [0.25, 0.3) is 5.91 Å². The maximum absolute atomic E-state index is 12.5. The van der Waals surface area contributed by atoms with Crippen LogP contribution in [0.4, 0.5) is 0 Å². The first kappa shape index (κ1) is 15.2. The van der Waals surface area contributed by atoms with Crippen LogP contribution >= 0.6 is 11.3 Å². The SMILES string of the molecule is Cc1nc(-c2c[nH]c(C(=O)N(C)CC3CCCC3O)c2)cs1. The Labute approximate surface area is 134 Å². The fraction of sp³-hybridized carbons (Fsp3) is 0.500. The molecule has 5 nitrogen and oxygen atoms in total. The molecule has 2 N–H and O–H groups in total. The number of H-pyrrole nitrogens is 1. The molecular formula is C16H21N3O2S. The summed E-state index contributed by atoms with van der Waals surface area (Å²) >= 11 is 1.60. The van der Waals surface area contributed by atoms with Gasteiger partial charge in [0.2, 0.25) is 0 Å². The first-order valence-corrected chi connectivity index (χ1v) is 8.47. The Hall–Kier alpha value is -1.66. The van der Waals surface area contributed by atoms with Crippen LogP contribution in [0, 0.1) is 12.8 Å². The van der Waals surface area contributed by atoms with Gasteiger partial charge in [-0.2, -0.15) is 0 Å². The Kier molecular flexibility index (Phi) is 4.31. The number of aromatic amines is 1. The molecule has 0 aromatic carbocycles. The van der Waals surface area contributed by atoms with Gasteiger partial charge in [-0.25, -0.2) is 4.98 Å². The molecule has 2 heterocycles. The molecule has 2 aromatic rings. The maximum Gasteiger partial charge on any atom is 0.270 e. The zero-order chi connectivity index (χ0) is 15.7. The van der Waals surface area contributed by atoms with Crippen LogP contribution in [-0.4, -0.2) is 45.6 Å². The third-order valence-corrected chi connectivity index (χ3v) is 5.08. The second-order valence-electron chi connectivity index (χ2n) is 6.00. The van der Waals surface area contributed by atoms with E-state index in [-0.39, 0.29) is 17.9 Å². The van der Waals surface area contributed by atoms with Crippen molar-refractivity contribution in [3.8, 4) is 11.3 Å². The van der Waals surface area contributed by atoms with Gasteiger partial charge in [-0.1, -0.05) is 6.42 Å². The van der Waals surface area contributed by atoms with Crippen molar-refractivity contribution in [2.45, 2.75) is 32.3 Å². The predicted octanol–water partition coefficient (Wildman–Crippen LogP) is 2.68. The third-order valence-electron chi connectivity index (χ3n) is 4.30.